The molecule has 0 spiro atoms. The van der Waals surface area contributed by atoms with Gasteiger partial charge >= 0.3 is 0 Å². The number of nitrogens with zero attached hydrogens (tertiary/aromatic N) is 3. The third-order valence-electron chi connectivity index (χ3n) is 5.79. The van der Waals surface area contributed by atoms with Crippen LogP contribution < -0.4 is 20.9 Å². The Morgan fingerprint density at radius 2 is 1.89 bits per heavy atom. The number of aromatic nitrogens is 3. The molecule has 2 N–H and O–H groups in total. The average molecular weight is 536 g/mol. The van der Waals surface area contributed by atoms with E-state index < -0.39 is 17.4 Å². The molecule has 38 heavy (non-hydrogen) atoms. The smallest absolute Gasteiger partial charge is 0.287 e. The van der Waals surface area contributed by atoms with Crippen molar-refractivity contribution in [1.29, 1.82) is 0 Å². The molecule has 4 aromatic rings. The summed E-state index contributed by atoms with van der Waals surface area (Å²) in [7, 11) is 0. The maximum Gasteiger partial charge on any atom is 0.287 e. The van der Waals surface area contributed by atoms with Gasteiger partial charge in [0.1, 0.15) is 11.3 Å². The predicted octanol–water partition coefficient (Wildman–Crippen LogP) is 4.53. The summed E-state index contributed by atoms with van der Waals surface area (Å²) in [5.74, 6) is -0.322. The first-order valence-corrected chi connectivity index (χ1v) is 12.2. The summed E-state index contributed by atoms with van der Waals surface area (Å²) in [6, 6.07) is 18.1. The minimum Gasteiger partial charge on any atom is -0.439 e. The molecular weight excluding hydrogens is 513 g/mol. The number of benzene rings is 2. The lowest BCUT2D eigenvalue weighted by molar-refractivity contribution is 0.0927. The summed E-state index contributed by atoms with van der Waals surface area (Å²) in [5, 5.41) is 6.56. The standard InChI is InChI=1S/C27H23ClFN5O4/c28-18-6-4-17(5-7-18)14-34-15-22(25(35)30-20-12-13-37-16-20)26(36)33-27(34)31-19-8-10-21(11-9-19)38-24-3-1-2-23(29)32-24/h1-11,15,20H,12-14,16H2,(H,30,35)(H,31,33,36)/t20-/m1/s1. The molecule has 3 heterocycles. The van der Waals surface area contributed by atoms with Crippen molar-refractivity contribution in [3.8, 4) is 11.6 Å². The summed E-state index contributed by atoms with van der Waals surface area (Å²) in [5.41, 5.74) is 0.780. The Balaban J connectivity index is 1.40. The van der Waals surface area contributed by atoms with E-state index in [0.29, 0.717) is 42.6 Å². The minimum absolute atomic E-state index is 0.0669. The van der Waals surface area contributed by atoms with Gasteiger partial charge < -0.3 is 24.7 Å². The van der Waals surface area contributed by atoms with Crippen LogP contribution in [0.15, 0.2) is 77.7 Å². The summed E-state index contributed by atoms with van der Waals surface area (Å²) in [6.07, 6.45) is 2.18. The van der Waals surface area contributed by atoms with Gasteiger partial charge in [0.15, 0.2) is 0 Å². The molecule has 1 saturated heterocycles. The van der Waals surface area contributed by atoms with E-state index in [-0.39, 0.29) is 23.4 Å². The highest BCUT2D eigenvalue weighted by Gasteiger charge is 2.22. The van der Waals surface area contributed by atoms with E-state index in [1.54, 1.807) is 47.0 Å². The van der Waals surface area contributed by atoms with Crippen LogP contribution in [0.5, 0.6) is 11.6 Å². The van der Waals surface area contributed by atoms with Gasteiger partial charge in [-0.1, -0.05) is 29.8 Å². The zero-order valence-electron chi connectivity index (χ0n) is 20.1. The molecule has 1 amide bonds. The Morgan fingerprint density at radius 3 is 2.61 bits per heavy atom. The van der Waals surface area contributed by atoms with Crippen LogP contribution in [0.3, 0.4) is 0 Å². The monoisotopic (exact) mass is 535 g/mol. The Labute approximate surface area is 222 Å². The van der Waals surface area contributed by atoms with Gasteiger partial charge in [0, 0.05) is 29.6 Å². The largest absolute Gasteiger partial charge is 0.439 e. The second-order valence-corrected chi connectivity index (χ2v) is 9.06. The number of carbonyl (C=O) groups excluding carboxylic acids is 1. The van der Waals surface area contributed by atoms with Crippen LogP contribution in [0.2, 0.25) is 5.02 Å². The van der Waals surface area contributed by atoms with Crippen LogP contribution in [0.4, 0.5) is 16.0 Å². The van der Waals surface area contributed by atoms with Crippen molar-refractivity contribution in [2.45, 2.75) is 19.0 Å². The highest BCUT2D eigenvalue weighted by Crippen LogP contribution is 2.23. The number of carbonyl (C=O) groups is 1. The predicted molar refractivity (Wildman–Crippen MR) is 140 cm³/mol. The van der Waals surface area contributed by atoms with Crippen molar-refractivity contribution in [2.24, 2.45) is 0 Å². The van der Waals surface area contributed by atoms with Gasteiger partial charge in [-0.2, -0.15) is 14.4 Å². The summed E-state index contributed by atoms with van der Waals surface area (Å²) < 4.78 is 25.9. The number of ether oxygens (including phenoxy) is 2. The van der Waals surface area contributed by atoms with E-state index in [2.05, 4.69) is 20.6 Å². The quantitative estimate of drug-likeness (QED) is 0.319. The van der Waals surface area contributed by atoms with Crippen molar-refractivity contribution in [2.75, 3.05) is 18.5 Å². The van der Waals surface area contributed by atoms with Gasteiger partial charge in [-0.15, -0.1) is 0 Å². The number of hydrogen-bond acceptors (Lipinski definition) is 7. The first-order chi connectivity index (χ1) is 18.4. The SMILES string of the molecule is O=C(N[C@@H]1CCOC1)c1cn(Cc2ccc(Cl)cc2)c(Nc2ccc(Oc3cccc(F)n3)cc2)nc1=O. The van der Waals surface area contributed by atoms with E-state index in [4.69, 9.17) is 21.1 Å². The number of pyridine rings is 1. The molecule has 1 fully saturated rings. The van der Waals surface area contributed by atoms with E-state index in [1.807, 2.05) is 12.1 Å². The minimum atomic E-state index is -0.659. The lowest BCUT2D eigenvalue weighted by Crippen LogP contribution is -2.38. The fourth-order valence-corrected chi connectivity index (χ4v) is 4.00. The number of rotatable bonds is 8. The topological polar surface area (TPSA) is 107 Å². The van der Waals surface area contributed by atoms with E-state index in [9.17, 15) is 14.0 Å². The molecule has 0 bridgehead atoms. The maximum atomic E-state index is 13.3. The molecule has 0 saturated carbocycles. The van der Waals surface area contributed by atoms with Crippen LogP contribution in [0.25, 0.3) is 0 Å². The molecule has 2 aromatic carbocycles. The molecule has 0 unspecified atom stereocenters. The van der Waals surface area contributed by atoms with Gasteiger partial charge in [0.2, 0.25) is 17.8 Å². The van der Waals surface area contributed by atoms with Crippen molar-refractivity contribution in [3.05, 3.63) is 105 Å². The van der Waals surface area contributed by atoms with Crippen molar-refractivity contribution in [3.63, 3.8) is 0 Å². The van der Waals surface area contributed by atoms with Crippen LogP contribution in [-0.4, -0.2) is 39.7 Å². The van der Waals surface area contributed by atoms with E-state index in [0.717, 1.165) is 5.56 Å². The zero-order chi connectivity index (χ0) is 26.5. The van der Waals surface area contributed by atoms with Crippen LogP contribution >= 0.6 is 11.6 Å². The third kappa shape index (κ3) is 6.34. The normalized spacial score (nSPS) is 14.7. The first-order valence-electron chi connectivity index (χ1n) is 11.8. The Kier molecular flexibility index (Phi) is 7.62. The maximum absolute atomic E-state index is 13.3. The lowest BCUT2D eigenvalue weighted by Gasteiger charge is -2.17. The lowest BCUT2D eigenvalue weighted by atomic mass is 10.2. The fourth-order valence-electron chi connectivity index (χ4n) is 3.87. The van der Waals surface area contributed by atoms with Gasteiger partial charge in [0.25, 0.3) is 11.5 Å². The second kappa shape index (κ2) is 11.4. The molecule has 11 heteroatoms. The molecule has 9 nitrogen and oxygen atoms in total. The molecule has 2 aromatic heterocycles. The molecule has 0 aliphatic carbocycles. The van der Waals surface area contributed by atoms with Crippen LogP contribution in [0.1, 0.15) is 22.3 Å². The molecule has 1 aliphatic rings. The molecule has 0 radical (unpaired) electrons. The Hall–Kier alpha value is -4.28. The summed E-state index contributed by atoms with van der Waals surface area (Å²) in [6.45, 7) is 1.30. The molecule has 5 rings (SSSR count). The number of anilines is 2. The number of amides is 1. The molecular formula is C27H23ClFN5O4. The number of halogens is 2. The summed E-state index contributed by atoms with van der Waals surface area (Å²) in [4.78, 5) is 33.5. The fraction of sp³-hybridized carbons (Fsp3) is 0.185. The van der Waals surface area contributed by atoms with Crippen molar-refractivity contribution < 1.29 is 18.7 Å². The number of hydrogen-bond donors (Lipinski definition) is 2. The molecule has 194 valence electrons. The van der Waals surface area contributed by atoms with Gasteiger partial charge in [0.05, 0.1) is 19.2 Å². The summed E-state index contributed by atoms with van der Waals surface area (Å²) >= 11 is 6.02. The van der Waals surface area contributed by atoms with Gasteiger partial charge in [-0.05, 0) is 54.4 Å². The Morgan fingerprint density at radius 1 is 1.11 bits per heavy atom. The molecule has 1 aliphatic heterocycles. The van der Waals surface area contributed by atoms with E-state index in [1.165, 1.54) is 18.3 Å². The second-order valence-electron chi connectivity index (χ2n) is 8.62. The van der Waals surface area contributed by atoms with Gasteiger partial charge in [-0.3, -0.25) is 9.59 Å². The van der Waals surface area contributed by atoms with Gasteiger partial charge in [-0.25, -0.2) is 0 Å². The van der Waals surface area contributed by atoms with Crippen molar-refractivity contribution in [1.82, 2.24) is 19.9 Å². The third-order valence-corrected chi connectivity index (χ3v) is 6.04. The molecule has 1 atom stereocenters. The zero-order valence-corrected chi connectivity index (χ0v) is 20.8. The highest BCUT2D eigenvalue weighted by molar-refractivity contribution is 6.30. The highest BCUT2D eigenvalue weighted by atomic mass is 35.5. The first kappa shape index (κ1) is 25.4. The average Bonchev–Trinajstić information content (AvgIpc) is 3.41. The van der Waals surface area contributed by atoms with Crippen LogP contribution in [-0.2, 0) is 11.3 Å². The number of nitrogens with one attached hydrogen (secondary N) is 2. The Bertz CT molecular complexity index is 1490. The van der Waals surface area contributed by atoms with Crippen molar-refractivity contribution >= 4 is 29.1 Å². The van der Waals surface area contributed by atoms with Crippen LogP contribution in [0, 0.1) is 5.95 Å². The van der Waals surface area contributed by atoms with E-state index >= 15 is 0 Å².